The van der Waals surface area contributed by atoms with Crippen LogP contribution >= 0.6 is 0 Å². The van der Waals surface area contributed by atoms with Crippen LogP contribution in [0.2, 0.25) is 0 Å². The maximum atomic E-state index is 13.1. The SMILES string of the molecule is COc1ccc(C=C(Nc2ccccc2)C(F)(F)F)cc1. The van der Waals surface area contributed by atoms with Crippen molar-refractivity contribution in [1.29, 1.82) is 0 Å². The van der Waals surface area contributed by atoms with Gasteiger partial charge >= 0.3 is 6.18 Å². The molecule has 0 saturated heterocycles. The first-order valence-electron chi connectivity index (χ1n) is 6.24. The second-order valence-electron chi connectivity index (χ2n) is 4.32. The van der Waals surface area contributed by atoms with Crippen molar-refractivity contribution in [2.75, 3.05) is 12.4 Å². The number of hydrogen-bond donors (Lipinski definition) is 1. The smallest absolute Gasteiger partial charge is 0.431 e. The van der Waals surface area contributed by atoms with Gasteiger partial charge in [0, 0.05) is 5.69 Å². The lowest BCUT2D eigenvalue weighted by atomic mass is 10.1. The minimum Gasteiger partial charge on any atom is -0.497 e. The van der Waals surface area contributed by atoms with E-state index in [-0.39, 0.29) is 0 Å². The number of methoxy groups -OCH3 is 1. The zero-order chi connectivity index (χ0) is 15.3. The van der Waals surface area contributed by atoms with E-state index in [4.69, 9.17) is 4.74 Å². The molecule has 0 aliphatic carbocycles. The molecule has 0 aliphatic heterocycles. The van der Waals surface area contributed by atoms with Gasteiger partial charge in [0.05, 0.1) is 7.11 Å². The normalized spacial score (nSPS) is 12.1. The lowest BCUT2D eigenvalue weighted by Crippen LogP contribution is -2.18. The molecule has 21 heavy (non-hydrogen) atoms. The highest BCUT2D eigenvalue weighted by molar-refractivity contribution is 5.61. The van der Waals surface area contributed by atoms with Gasteiger partial charge in [-0.3, -0.25) is 0 Å². The number of allylic oxidation sites excluding steroid dienone is 1. The Morgan fingerprint density at radius 1 is 1.00 bits per heavy atom. The number of nitrogens with one attached hydrogen (secondary N) is 1. The summed E-state index contributed by atoms with van der Waals surface area (Å²) in [6, 6.07) is 14.6. The fourth-order valence-electron chi connectivity index (χ4n) is 1.73. The number of benzene rings is 2. The minimum absolute atomic E-state index is 0.384. The van der Waals surface area contributed by atoms with E-state index in [1.165, 1.54) is 7.11 Å². The molecule has 0 aliphatic rings. The molecule has 2 nitrogen and oxygen atoms in total. The molecular weight excluding hydrogens is 279 g/mol. The van der Waals surface area contributed by atoms with Gasteiger partial charge in [0.15, 0.2) is 0 Å². The van der Waals surface area contributed by atoms with Gasteiger partial charge in [0.25, 0.3) is 0 Å². The molecule has 2 rings (SSSR count). The summed E-state index contributed by atoms with van der Waals surface area (Å²) in [5.41, 5.74) is 0.00000892. The van der Waals surface area contributed by atoms with Crippen molar-refractivity contribution in [3.05, 3.63) is 65.9 Å². The number of ether oxygens (including phenoxy) is 1. The molecule has 0 saturated carbocycles. The van der Waals surface area contributed by atoms with E-state index in [9.17, 15) is 13.2 Å². The predicted octanol–water partition coefficient (Wildman–Crippen LogP) is 4.71. The van der Waals surface area contributed by atoms with Crippen molar-refractivity contribution in [3.63, 3.8) is 0 Å². The molecule has 2 aromatic carbocycles. The Bertz CT molecular complexity index is 604. The number of hydrogen-bond acceptors (Lipinski definition) is 2. The summed E-state index contributed by atoms with van der Waals surface area (Å²) in [5.74, 6) is 0.594. The van der Waals surface area contributed by atoms with Gasteiger partial charge in [-0.25, -0.2) is 0 Å². The summed E-state index contributed by atoms with van der Waals surface area (Å²) in [6.45, 7) is 0. The van der Waals surface area contributed by atoms with Gasteiger partial charge in [0.2, 0.25) is 0 Å². The van der Waals surface area contributed by atoms with E-state index in [0.717, 1.165) is 6.08 Å². The topological polar surface area (TPSA) is 21.3 Å². The van der Waals surface area contributed by atoms with Crippen molar-refractivity contribution in [1.82, 2.24) is 0 Å². The number of halogens is 3. The lowest BCUT2D eigenvalue weighted by Gasteiger charge is -2.14. The molecule has 0 spiro atoms. The van der Waals surface area contributed by atoms with Gasteiger partial charge in [0.1, 0.15) is 11.4 Å². The second-order valence-corrected chi connectivity index (χ2v) is 4.32. The first-order chi connectivity index (χ1) is 9.99. The molecule has 2 aromatic rings. The second kappa shape index (κ2) is 6.35. The fourth-order valence-corrected chi connectivity index (χ4v) is 1.73. The van der Waals surface area contributed by atoms with Gasteiger partial charge in [-0.15, -0.1) is 0 Å². The first kappa shape index (κ1) is 15.0. The van der Waals surface area contributed by atoms with E-state index >= 15 is 0 Å². The van der Waals surface area contributed by atoms with Crippen LogP contribution in [0.15, 0.2) is 60.3 Å². The van der Waals surface area contributed by atoms with Crippen molar-refractivity contribution in [3.8, 4) is 5.75 Å². The van der Waals surface area contributed by atoms with Crippen molar-refractivity contribution in [2.24, 2.45) is 0 Å². The van der Waals surface area contributed by atoms with Crippen LogP contribution in [0, 0.1) is 0 Å². The third kappa shape index (κ3) is 4.27. The highest BCUT2D eigenvalue weighted by Gasteiger charge is 2.33. The van der Waals surface area contributed by atoms with Crippen molar-refractivity contribution >= 4 is 11.8 Å². The summed E-state index contributed by atoms with van der Waals surface area (Å²) in [6.07, 6.45) is -3.40. The molecule has 5 heteroatoms. The summed E-state index contributed by atoms with van der Waals surface area (Å²) in [4.78, 5) is 0. The number of anilines is 1. The highest BCUT2D eigenvalue weighted by Crippen LogP contribution is 2.29. The van der Waals surface area contributed by atoms with Gasteiger partial charge < -0.3 is 10.1 Å². The highest BCUT2D eigenvalue weighted by atomic mass is 19.4. The zero-order valence-corrected chi connectivity index (χ0v) is 11.3. The fraction of sp³-hybridized carbons (Fsp3) is 0.125. The van der Waals surface area contributed by atoms with Crippen LogP contribution in [-0.2, 0) is 0 Å². The van der Waals surface area contributed by atoms with Crippen LogP contribution in [0.3, 0.4) is 0 Å². The Labute approximate surface area is 120 Å². The molecule has 110 valence electrons. The quantitative estimate of drug-likeness (QED) is 0.881. The Balaban J connectivity index is 2.29. The molecule has 0 atom stereocenters. The Kier molecular flexibility index (Phi) is 4.52. The maximum Gasteiger partial charge on any atom is 0.431 e. The van der Waals surface area contributed by atoms with Crippen LogP contribution < -0.4 is 10.1 Å². The summed E-state index contributed by atoms with van der Waals surface area (Å²) >= 11 is 0. The number of alkyl halides is 3. The van der Waals surface area contributed by atoms with E-state index in [1.807, 2.05) is 0 Å². The molecule has 0 bridgehead atoms. The average Bonchev–Trinajstić information content (AvgIpc) is 2.47. The van der Waals surface area contributed by atoms with Crippen molar-refractivity contribution < 1.29 is 17.9 Å². The molecular formula is C16H14F3NO. The third-order valence-electron chi connectivity index (χ3n) is 2.79. The van der Waals surface area contributed by atoms with Crippen LogP contribution in [0.4, 0.5) is 18.9 Å². The van der Waals surface area contributed by atoms with Gasteiger partial charge in [-0.1, -0.05) is 30.3 Å². The Hall–Kier alpha value is -2.43. The molecule has 0 amide bonds. The van der Waals surface area contributed by atoms with Crippen molar-refractivity contribution in [2.45, 2.75) is 6.18 Å². The third-order valence-corrected chi connectivity index (χ3v) is 2.79. The zero-order valence-electron chi connectivity index (χ0n) is 11.3. The molecule has 0 radical (unpaired) electrons. The summed E-state index contributed by atoms with van der Waals surface area (Å²) in [5, 5.41) is 2.40. The average molecular weight is 293 g/mol. The monoisotopic (exact) mass is 293 g/mol. The first-order valence-corrected chi connectivity index (χ1v) is 6.24. The largest absolute Gasteiger partial charge is 0.497 e. The molecule has 0 unspecified atom stereocenters. The van der Waals surface area contributed by atoms with E-state index in [1.54, 1.807) is 54.6 Å². The predicted molar refractivity (Wildman–Crippen MR) is 77.1 cm³/mol. The standard InChI is InChI=1S/C16H14F3NO/c1-21-14-9-7-12(8-10-14)11-15(16(17,18)19)20-13-5-3-2-4-6-13/h2-11,20H,1H3. The molecule has 0 heterocycles. The van der Waals surface area contributed by atoms with Crippen LogP contribution in [0.1, 0.15) is 5.56 Å². The summed E-state index contributed by atoms with van der Waals surface area (Å²) in [7, 11) is 1.50. The molecule has 0 fully saturated rings. The van der Waals surface area contributed by atoms with E-state index in [0.29, 0.717) is 17.0 Å². The lowest BCUT2D eigenvalue weighted by molar-refractivity contribution is -0.0893. The number of para-hydroxylation sites is 1. The molecule has 1 N–H and O–H groups in total. The van der Waals surface area contributed by atoms with E-state index in [2.05, 4.69) is 5.32 Å². The van der Waals surface area contributed by atoms with Gasteiger partial charge in [-0.2, -0.15) is 13.2 Å². The van der Waals surface area contributed by atoms with E-state index < -0.39 is 11.9 Å². The molecule has 0 aromatic heterocycles. The van der Waals surface area contributed by atoms with Crippen LogP contribution in [-0.4, -0.2) is 13.3 Å². The number of rotatable bonds is 4. The Morgan fingerprint density at radius 3 is 2.14 bits per heavy atom. The van der Waals surface area contributed by atoms with Crippen LogP contribution in [0.5, 0.6) is 5.75 Å². The van der Waals surface area contributed by atoms with Crippen LogP contribution in [0.25, 0.3) is 6.08 Å². The minimum atomic E-state index is -4.46. The Morgan fingerprint density at radius 2 is 1.62 bits per heavy atom. The summed E-state index contributed by atoms with van der Waals surface area (Å²) < 4.78 is 44.2. The van der Waals surface area contributed by atoms with Gasteiger partial charge in [-0.05, 0) is 35.9 Å². The maximum absolute atomic E-state index is 13.1.